The zero-order valence-corrected chi connectivity index (χ0v) is 14.8. The van der Waals surface area contributed by atoms with Crippen LogP contribution in [-0.4, -0.2) is 68.7 Å². The summed E-state index contributed by atoms with van der Waals surface area (Å²) in [5, 5.41) is 7.50. The molecule has 11 heteroatoms. The first kappa shape index (κ1) is 17.5. The molecule has 25 heavy (non-hydrogen) atoms. The number of rotatable bonds is 4. The highest BCUT2D eigenvalue weighted by Gasteiger charge is 2.25. The summed E-state index contributed by atoms with van der Waals surface area (Å²) in [6, 6.07) is 0.139. The van der Waals surface area contributed by atoms with Gasteiger partial charge >= 0.3 is 0 Å². The molecule has 4 rings (SSSR count). The van der Waals surface area contributed by atoms with Crippen LogP contribution in [0.4, 0.5) is 5.82 Å². The Morgan fingerprint density at radius 3 is 3.08 bits per heavy atom. The molecule has 2 N–H and O–H groups in total. The van der Waals surface area contributed by atoms with Crippen LogP contribution >= 0.6 is 12.4 Å². The van der Waals surface area contributed by atoms with Gasteiger partial charge in [0.25, 0.3) is 0 Å². The van der Waals surface area contributed by atoms with E-state index in [0.717, 1.165) is 31.0 Å². The van der Waals surface area contributed by atoms with Gasteiger partial charge in [0.15, 0.2) is 17.3 Å². The number of halogens is 1. The Morgan fingerprint density at radius 2 is 2.24 bits per heavy atom. The molecule has 1 unspecified atom stereocenters. The number of likely N-dealkylation sites (N-methyl/N-ethyl adjacent to an activating group) is 1. The Morgan fingerprint density at radius 1 is 1.36 bits per heavy atom. The van der Waals surface area contributed by atoms with Crippen LogP contribution in [0.5, 0.6) is 0 Å². The van der Waals surface area contributed by atoms with Crippen molar-refractivity contribution in [2.75, 3.05) is 38.6 Å². The Kier molecular flexibility index (Phi) is 5.11. The average molecular weight is 366 g/mol. The normalized spacial score (nSPS) is 18.2. The van der Waals surface area contributed by atoms with Gasteiger partial charge in [0, 0.05) is 26.7 Å². The van der Waals surface area contributed by atoms with Crippen molar-refractivity contribution in [2.24, 2.45) is 0 Å². The average Bonchev–Trinajstić information content (AvgIpc) is 3.24. The summed E-state index contributed by atoms with van der Waals surface area (Å²) in [5.74, 6) is 2.01. The number of piperazine rings is 1. The third-order valence-corrected chi connectivity index (χ3v) is 4.23. The predicted octanol–water partition coefficient (Wildman–Crippen LogP) is 0.370. The SMILES string of the molecule is CN(Cc1nc(C2CNCCN2C)no1)c1ncnc2nc[nH]c12.Cl. The second-order valence-corrected chi connectivity index (χ2v) is 5.90. The Labute approximate surface area is 150 Å². The van der Waals surface area contributed by atoms with Crippen LogP contribution in [0.3, 0.4) is 0 Å². The zero-order valence-electron chi connectivity index (χ0n) is 14.0. The number of aromatic nitrogens is 6. The van der Waals surface area contributed by atoms with Gasteiger partial charge in [0.2, 0.25) is 5.89 Å². The van der Waals surface area contributed by atoms with Crippen LogP contribution in [0.2, 0.25) is 0 Å². The minimum absolute atomic E-state index is 0. The molecule has 0 amide bonds. The fraction of sp³-hybridized carbons (Fsp3) is 0.500. The molecular formula is C14H20ClN9O. The molecule has 3 aromatic rings. The van der Waals surface area contributed by atoms with Gasteiger partial charge in [0.05, 0.1) is 18.9 Å². The highest BCUT2D eigenvalue weighted by Crippen LogP contribution is 2.21. The minimum Gasteiger partial charge on any atom is -0.348 e. The molecule has 3 aromatic heterocycles. The third-order valence-electron chi connectivity index (χ3n) is 4.23. The maximum Gasteiger partial charge on any atom is 0.246 e. The summed E-state index contributed by atoms with van der Waals surface area (Å²) in [4.78, 5) is 24.4. The van der Waals surface area contributed by atoms with Crippen molar-refractivity contribution in [3.8, 4) is 0 Å². The molecule has 1 fully saturated rings. The fourth-order valence-electron chi connectivity index (χ4n) is 2.88. The Hall–Kier alpha value is -2.30. The molecule has 1 atom stereocenters. The lowest BCUT2D eigenvalue weighted by Crippen LogP contribution is -2.44. The number of nitrogens with one attached hydrogen (secondary N) is 2. The summed E-state index contributed by atoms with van der Waals surface area (Å²) in [6.07, 6.45) is 3.10. The molecule has 0 aromatic carbocycles. The molecule has 1 aliphatic rings. The lowest BCUT2D eigenvalue weighted by molar-refractivity contribution is 0.190. The molecule has 1 saturated heterocycles. The van der Waals surface area contributed by atoms with E-state index in [0.29, 0.717) is 23.9 Å². The van der Waals surface area contributed by atoms with E-state index < -0.39 is 0 Å². The van der Waals surface area contributed by atoms with Crippen molar-refractivity contribution in [2.45, 2.75) is 12.6 Å². The van der Waals surface area contributed by atoms with Crippen LogP contribution in [0.15, 0.2) is 17.2 Å². The number of aromatic amines is 1. The number of hydrogen-bond donors (Lipinski definition) is 2. The quantitative estimate of drug-likeness (QED) is 0.677. The van der Waals surface area contributed by atoms with E-state index in [1.807, 2.05) is 11.9 Å². The van der Waals surface area contributed by atoms with Gasteiger partial charge in [-0.2, -0.15) is 4.98 Å². The number of nitrogens with zero attached hydrogens (tertiary/aromatic N) is 7. The van der Waals surface area contributed by atoms with Crippen molar-refractivity contribution in [1.29, 1.82) is 0 Å². The number of H-pyrrole nitrogens is 1. The van der Waals surface area contributed by atoms with Crippen molar-refractivity contribution in [3.63, 3.8) is 0 Å². The summed E-state index contributed by atoms with van der Waals surface area (Å²) in [6.45, 7) is 3.23. The van der Waals surface area contributed by atoms with Gasteiger partial charge in [-0.1, -0.05) is 5.16 Å². The highest BCUT2D eigenvalue weighted by molar-refractivity contribution is 5.85. The lowest BCUT2D eigenvalue weighted by atomic mass is 10.2. The Balaban J connectivity index is 0.00000182. The molecule has 0 radical (unpaired) electrons. The fourth-order valence-corrected chi connectivity index (χ4v) is 2.88. The van der Waals surface area contributed by atoms with Crippen LogP contribution < -0.4 is 10.2 Å². The predicted molar refractivity (Wildman–Crippen MR) is 93.6 cm³/mol. The topological polar surface area (TPSA) is 112 Å². The van der Waals surface area contributed by atoms with Crippen LogP contribution in [0, 0.1) is 0 Å². The van der Waals surface area contributed by atoms with Gasteiger partial charge in [-0.05, 0) is 7.05 Å². The van der Waals surface area contributed by atoms with Gasteiger partial charge in [-0.25, -0.2) is 15.0 Å². The number of anilines is 1. The number of hydrogen-bond acceptors (Lipinski definition) is 9. The zero-order chi connectivity index (χ0) is 16.5. The van der Waals surface area contributed by atoms with Crippen LogP contribution in [0.25, 0.3) is 11.2 Å². The van der Waals surface area contributed by atoms with Crippen LogP contribution in [0.1, 0.15) is 17.8 Å². The first-order valence-electron chi connectivity index (χ1n) is 7.81. The van der Waals surface area contributed by atoms with E-state index in [9.17, 15) is 0 Å². The van der Waals surface area contributed by atoms with Gasteiger partial charge in [-0.15, -0.1) is 12.4 Å². The molecule has 0 saturated carbocycles. The number of fused-ring (bicyclic) bond motifs is 1. The molecule has 0 aliphatic carbocycles. The molecule has 1 aliphatic heterocycles. The molecule has 0 bridgehead atoms. The molecule has 4 heterocycles. The Bertz CT molecular complexity index is 834. The third kappa shape index (κ3) is 3.41. The van der Waals surface area contributed by atoms with Gasteiger partial charge in [-0.3, -0.25) is 4.90 Å². The summed E-state index contributed by atoms with van der Waals surface area (Å²) < 4.78 is 5.43. The van der Waals surface area contributed by atoms with E-state index in [1.54, 1.807) is 6.33 Å². The second kappa shape index (κ2) is 7.30. The maximum absolute atomic E-state index is 5.43. The molecular weight excluding hydrogens is 346 g/mol. The molecule has 10 nitrogen and oxygen atoms in total. The summed E-state index contributed by atoms with van der Waals surface area (Å²) in [5.41, 5.74) is 1.42. The maximum atomic E-state index is 5.43. The molecule has 0 spiro atoms. The van der Waals surface area contributed by atoms with Gasteiger partial charge in [0.1, 0.15) is 11.8 Å². The van der Waals surface area contributed by atoms with Crippen molar-refractivity contribution < 1.29 is 4.52 Å². The van der Waals surface area contributed by atoms with E-state index in [4.69, 9.17) is 4.52 Å². The molecule has 134 valence electrons. The van der Waals surface area contributed by atoms with Gasteiger partial charge < -0.3 is 19.7 Å². The first-order chi connectivity index (χ1) is 11.7. The minimum atomic E-state index is 0. The second-order valence-electron chi connectivity index (χ2n) is 5.90. The van der Waals surface area contributed by atoms with Crippen molar-refractivity contribution >= 4 is 29.4 Å². The largest absolute Gasteiger partial charge is 0.348 e. The van der Waals surface area contributed by atoms with E-state index in [2.05, 4.69) is 47.3 Å². The van der Waals surface area contributed by atoms with E-state index in [1.165, 1.54) is 6.33 Å². The van der Waals surface area contributed by atoms with Crippen molar-refractivity contribution in [1.82, 2.24) is 40.3 Å². The monoisotopic (exact) mass is 365 g/mol. The van der Waals surface area contributed by atoms with E-state index in [-0.39, 0.29) is 18.4 Å². The van der Waals surface area contributed by atoms with Crippen LogP contribution in [-0.2, 0) is 6.54 Å². The smallest absolute Gasteiger partial charge is 0.246 e. The summed E-state index contributed by atoms with van der Waals surface area (Å²) in [7, 11) is 3.99. The van der Waals surface area contributed by atoms with E-state index >= 15 is 0 Å². The van der Waals surface area contributed by atoms with Crippen molar-refractivity contribution in [3.05, 3.63) is 24.4 Å². The highest BCUT2D eigenvalue weighted by atomic mass is 35.5. The summed E-state index contributed by atoms with van der Waals surface area (Å²) >= 11 is 0. The standard InChI is InChI=1S/C14H19N9O.ClH/c1-22-4-3-15-5-9(22)12-20-10(24-21-12)6-23(2)14-11-13(17-7-16-11)18-8-19-14;/h7-9,15H,3-6H2,1-2H3,(H,16,17,18,19);1H. The lowest BCUT2D eigenvalue weighted by Gasteiger charge is -2.30. The first-order valence-corrected chi connectivity index (χ1v) is 7.81. The number of imidazole rings is 1.